The van der Waals surface area contributed by atoms with Gasteiger partial charge in [0.15, 0.2) is 0 Å². The van der Waals surface area contributed by atoms with E-state index in [9.17, 15) is 9.59 Å². The third-order valence-electron chi connectivity index (χ3n) is 2.41. The number of carbonyl (C=O) groups is 2. The molecule has 0 aliphatic heterocycles. The summed E-state index contributed by atoms with van der Waals surface area (Å²) in [5, 5.41) is 0. The molecule has 0 amide bonds. The first-order valence-corrected chi connectivity index (χ1v) is 4.55. The minimum absolute atomic E-state index is 0. The normalized spacial score (nSPS) is 14.2. The van der Waals surface area contributed by atoms with Crippen LogP contribution in [0.3, 0.4) is 0 Å². The molecule has 0 bridgehead atoms. The van der Waals surface area contributed by atoms with Gasteiger partial charge in [0.2, 0.25) is 0 Å². The van der Waals surface area contributed by atoms with Gasteiger partial charge in [-0.3, -0.25) is 9.59 Å². The van der Waals surface area contributed by atoms with E-state index in [2.05, 4.69) is 0 Å². The van der Waals surface area contributed by atoms with Crippen LogP contribution in [0.4, 0.5) is 0 Å². The Bertz CT molecular complexity index is 158. The molecule has 0 rings (SSSR count). The van der Waals surface area contributed by atoms with Crippen LogP contribution in [0.2, 0.25) is 0 Å². The molecular weight excluding hydrogens is 166 g/mol. The molecule has 78 valence electrons. The van der Waals surface area contributed by atoms with Crippen molar-refractivity contribution in [2.75, 3.05) is 0 Å². The molecule has 0 aromatic rings. The van der Waals surface area contributed by atoms with Crippen LogP contribution in [0, 0.1) is 11.8 Å². The number of ketones is 2. The largest absolute Gasteiger partial charge is 0.344 e. The lowest BCUT2D eigenvalue weighted by atomic mass is 9.83. The van der Waals surface area contributed by atoms with Crippen molar-refractivity contribution in [3.63, 3.8) is 0 Å². The maximum absolute atomic E-state index is 11.1. The molecule has 3 N–H and O–H groups in total. The minimum Gasteiger partial charge on any atom is -0.344 e. The van der Waals surface area contributed by atoms with Gasteiger partial charge in [0.05, 0.1) is 0 Å². The first-order valence-electron chi connectivity index (χ1n) is 4.55. The van der Waals surface area contributed by atoms with Crippen molar-refractivity contribution in [3.05, 3.63) is 0 Å². The smallest absolute Gasteiger partial charge is 0.133 e. The predicted molar refractivity (Wildman–Crippen MR) is 53.9 cm³/mol. The Hall–Kier alpha value is -0.700. The second-order valence-corrected chi connectivity index (χ2v) is 3.25. The van der Waals surface area contributed by atoms with Crippen LogP contribution in [0.5, 0.6) is 0 Å². The molecule has 3 heteroatoms. The van der Waals surface area contributed by atoms with E-state index < -0.39 is 0 Å². The van der Waals surface area contributed by atoms with Gasteiger partial charge in [0.1, 0.15) is 11.6 Å². The summed E-state index contributed by atoms with van der Waals surface area (Å²) in [6, 6.07) is 0. The average Bonchev–Trinajstić information content (AvgIpc) is 1.98. The van der Waals surface area contributed by atoms with Crippen LogP contribution in [-0.2, 0) is 9.59 Å². The standard InChI is InChI=1S/C10H18O2.H3N/c1-5-9(7(3)11)10(6-2)8(4)12;/h9-10H,5-6H2,1-4H3;1H3. The van der Waals surface area contributed by atoms with Crippen molar-refractivity contribution in [1.82, 2.24) is 6.15 Å². The molecule has 2 unspecified atom stereocenters. The van der Waals surface area contributed by atoms with Gasteiger partial charge in [-0.1, -0.05) is 13.8 Å². The highest BCUT2D eigenvalue weighted by Gasteiger charge is 2.25. The van der Waals surface area contributed by atoms with Gasteiger partial charge in [0.25, 0.3) is 0 Å². The first-order chi connectivity index (χ1) is 5.54. The Morgan fingerprint density at radius 3 is 1.23 bits per heavy atom. The third kappa shape index (κ3) is 4.18. The van der Waals surface area contributed by atoms with Crippen molar-refractivity contribution >= 4 is 11.6 Å². The van der Waals surface area contributed by atoms with Crippen molar-refractivity contribution < 1.29 is 9.59 Å². The molecule has 0 fully saturated rings. The molecule has 2 atom stereocenters. The zero-order chi connectivity index (χ0) is 9.72. The van der Waals surface area contributed by atoms with Crippen molar-refractivity contribution in [2.45, 2.75) is 40.5 Å². The summed E-state index contributed by atoms with van der Waals surface area (Å²) in [6.07, 6.45) is 1.54. The summed E-state index contributed by atoms with van der Waals surface area (Å²) < 4.78 is 0. The van der Waals surface area contributed by atoms with Crippen LogP contribution >= 0.6 is 0 Å². The lowest BCUT2D eigenvalue weighted by Gasteiger charge is -2.19. The number of carbonyl (C=O) groups excluding carboxylic acids is 2. The van der Waals surface area contributed by atoms with E-state index in [1.807, 2.05) is 13.8 Å². The maximum atomic E-state index is 11.1. The van der Waals surface area contributed by atoms with Gasteiger partial charge in [-0.2, -0.15) is 0 Å². The Morgan fingerprint density at radius 1 is 0.923 bits per heavy atom. The summed E-state index contributed by atoms with van der Waals surface area (Å²) in [7, 11) is 0. The van der Waals surface area contributed by atoms with E-state index in [4.69, 9.17) is 0 Å². The second-order valence-electron chi connectivity index (χ2n) is 3.25. The number of rotatable bonds is 5. The monoisotopic (exact) mass is 187 g/mol. The fraction of sp³-hybridized carbons (Fsp3) is 0.800. The second kappa shape index (κ2) is 6.78. The van der Waals surface area contributed by atoms with Crippen LogP contribution < -0.4 is 6.15 Å². The highest BCUT2D eigenvalue weighted by molar-refractivity contribution is 5.87. The molecule has 0 saturated heterocycles. The van der Waals surface area contributed by atoms with E-state index in [0.29, 0.717) is 0 Å². The fourth-order valence-corrected chi connectivity index (χ4v) is 1.71. The minimum atomic E-state index is -0.0625. The van der Waals surface area contributed by atoms with Crippen LogP contribution in [0.25, 0.3) is 0 Å². The highest BCUT2D eigenvalue weighted by atomic mass is 16.1. The zero-order valence-electron chi connectivity index (χ0n) is 9.09. The van der Waals surface area contributed by atoms with Gasteiger partial charge >= 0.3 is 0 Å². The molecule has 0 aliphatic rings. The Morgan fingerprint density at radius 2 is 1.15 bits per heavy atom. The molecule has 0 aromatic carbocycles. The average molecular weight is 187 g/mol. The number of hydrogen-bond donors (Lipinski definition) is 1. The SMILES string of the molecule is CCC(C(C)=O)C(CC)C(C)=O.N. The Kier molecular flexibility index (Phi) is 7.72. The van der Waals surface area contributed by atoms with E-state index in [0.717, 1.165) is 12.8 Å². The van der Waals surface area contributed by atoms with E-state index in [1.165, 1.54) is 0 Å². The van der Waals surface area contributed by atoms with E-state index >= 15 is 0 Å². The lowest BCUT2D eigenvalue weighted by molar-refractivity contribution is -0.130. The number of hydrogen-bond acceptors (Lipinski definition) is 3. The van der Waals surface area contributed by atoms with E-state index in [1.54, 1.807) is 13.8 Å². The van der Waals surface area contributed by atoms with Gasteiger partial charge in [0, 0.05) is 11.8 Å². The summed E-state index contributed by atoms with van der Waals surface area (Å²) in [4.78, 5) is 22.3. The van der Waals surface area contributed by atoms with E-state index in [-0.39, 0.29) is 29.6 Å². The zero-order valence-corrected chi connectivity index (χ0v) is 9.09. The summed E-state index contributed by atoms with van der Waals surface area (Å²) in [6.45, 7) is 7.05. The topological polar surface area (TPSA) is 69.1 Å². The molecule has 0 aliphatic carbocycles. The van der Waals surface area contributed by atoms with Gasteiger partial charge in [-0.25, -0.2) is 0 Å². The third-order valence-corrected chi connectivity index (χ3v) is 2.41. The maximum Gasteiger partial charge on any atom is 0.133 e. The van der Waals surface area contributed by atoms with Crippen molar-refractivity contribution in [3.8, 4) is 0 Å². The summed E-state index contributed by atoms with van der Waals surface area (Å²) in [5.41, 5.74) is 0. The molecule has 13 heavy (non-hydrogen) atoms. The first kappa shape index (κ1) is 14.8. The lowest BCUT2D eigenvalue weighted by Crippen LogP contribution is -2.26. The van der Waals surface area contributed by atoms with Crippen molar-refractivity contribution in [1.29, 1.82) is 0 Å². The number of Topliss-reactive ketones (excluding diaryl/α,β-unsaturated/α-hetero) is 2. The molecule has 0 saturated carbocycles. The Labute approximate surface area is 80.5 Å². The fourth-order valence-electron chi connectivity index (χ4n) is 1.71. The van der Waals surface area contributed by atoms with Gasteiger partial charge in [-0.15, -0.1) is 0 Å². The van der Waals surface area contributed by atoms with Crippen LogP contribution in [0.1, 0.15) is 40.5 Å². The quantitative estimate of drug-likeness (QED) is 0.718. The summed E-state index contributed by atoms with van der Waals surface area (Å²) in [5.74, 6) is 0.152. The molecule has 0 heterocycles. The van der Waals surface area contributed by atoms with Crippen LogP contribution in [0.15, 0.2) is 0 Å². The summed E-state index contributed by atoms with van der Waals surface area (Å²) >= 11 is 0. The van der Waals surface area contributed by atoms with Gasteiger partial charge < -0.3 is 6.15 Å². The molecular formula is C10H21NO2. The van der Waals surface area contributed by atoms with Gasteiger partial charge in [-0.05, 0) is 26.7 Å². The molecule has 0 radical (unpaired) electrons. The molecule has 3 nitrogen and oxygen atoms in total. The highest BCUT2D eigenvalue weighted by Crippen LogP contribution is 2.21. The molecule has 0 aromatic heterocycles. The van der Waals surface area contributed by atoms with Crippen LogP contribution in [-0.4, -0.2) is 11.6 Å². The molecule has 0 spiro atoms. The van der Waals surface area contributed by atoms with Crippen molar-refractivity contribution in [2.24, 2.45) is 11.8 Å². The Balaban J connectivity index is 0. The predicted octanol–water partition coefficient (Wildman–Crippen LogP) is 2.38.